The average molecular weight is 199 g/mol. The lowest BCUT2D eigenvalue weighted by molar-refractivity contribution is 0.260. The Balaban J connectivity index is 2.78. The van der Waals surface area contributed by atoms with Crippen molar-refractivity contribution in [1.29, 1.82) is 0 Å². The molecule has 0 aliphatic carbocycles. The van der Waals surface area contributed by atoms with Crippen molar-refractivity contribution in [3.05, 3.63) is 16.1 Å². The number of aliphatic hydroxyl groups is 1. The molecule has 1 unspecified atom stereocenters. The summed E-state index contributed by atoms with van der Waals surface area (Å²) >= 11 is 1.69. The number of aromatic nitrogens is 1. The van der Waals surface area contributed by atoms with E-state index in [0.29, 0.717) is 5.92 Å². The molecule has 0 saturated heterocycles. The van der Waals surface area contributed by atoms with Crippen LogP contribution in [0.2, 0.25) is 0 Å². The number of rotatable bonds is 4. The van der Waals surface area contributed by atoms with E-state index < -0.39 is 0 Å². The largest absolute Gasteiger partial charge is 0.396 e. The van der Waals surface area contributed by atoms with Crippen LogP contribution in [-0.4, -0.2) is 16.7 Å². The minimum Gasteiger partial charge on any atom is -0.396 e. The van der Waals surface area contributed by atoms with Gasteiger partial charge in [0.2, 0.25) is 0 Å². The van der Waals surface area contributed by atoms with Crippen molar-refractivity contribution in [1.82, 2.24) is 4.98 Å². The zero-order chi connectivity index (χ0) is 9.84. The van der Waals surface area contributed by atoms with Gasteiger partial charge in [-0.05, 0) is 6.42 Å². The van der Waals surface area contributed by atoms with E-state index in [-0.39, 0.29) is 12.5 Å². The van der Waals surface area contributed by atoms with E-state index in [4.69, 9.17) is 5.11 Å². The third-order valence-corrected chi connectivity index (χ3v) is 3.33. The zero-order valence-electron chi connectivity index (χ0n) is 8.45. The average Bonchev–Trinajstić information content (AvgIpc) is 2.56. The molecule has 0 saturated carbocycles. The highest BCUT2D eigenvalue weighted by Crippen LogP contribution is 2.25. The van der Waals surface area contributed by atoms with Gasteiger partial charge in [0.15, 0.2) is 0 Å². The van der Waals surface area contributed by atoms with Crippen LogP contribution in [0.4, 0.5) is 0 Å². The first kappa shape index (κ1) is 10.7. The second-order valence-corrected chi connectivity index (χ2v) is 4.44. The molecule has 0 fully saturated rings. The van der Waals surface area contributed by atoms with E-state index in [1.165, 1.54) is 5.01 Å². The summed E-state index contributed by atoms with van der Waals surface area (Å²) in [5.41, 5.74) is 1.05. The van der Waals surface area contributed by atoms with Crippen molar-refractivity contribution >= 4 is 11.3 Å². The van der Waals surface area contributed by atoms with E-state index in [9.17, 15) is 0 Å². The van der Waals surface area contributed by atoms with Crippen LogP contribution in [0, 0.1) is 0 Å². The van der Waals surface area contributed by atoms with Gasteiger partial charge in [-0.2, -0.15) is 0 Å². The number of hydrogen-bond donors (Lipinski definition) is 1. The molecule has 74 valence electrons. The Kier molecular flexibility index (Phi) is 3.88. The Morgan fingerprint density at radius 1 is 1.54 bits per heavy atom. The first-order chi connectivity index (χ1) is 6.19. The molecular weight excluding hydrogens is 182 g/mol. The highest BCUT2D eigenvalue weighted by molar-refractivity contribution is 7.09. The second-order valence-electron chi connectivity index (χ2n) is 3.55. The predicted molar refractivity (Wildman–Crippen MR) is 56.3 cm³/mol. The van der Waals surface area contributed by atoms with Gasteiger partial charge in [-0.15, -0.1) is 11.3 Å². The fourth-order valence-corrected chi connectivity index (χ4v) is 2.10. The summed E-state index contributed by atoms with van der Waals surface area (Å²) in [6.45, 7) is 6.57. The summed E-state index contributed by atoms with van der Waals surface area (Å²) in [5.74, 6) is 0.721. The summed E-state index contributed by atoms with van der Waals surface area (Å²) in [4.78, 5) is 4.51. The highest BCUT2D eigenvalue weighted by atomic mass is 32.1. The summed E-state index contributed by atoms with van der Waals surface area (Å²) in [5, 5.41) is 12.3. The Labute approximate surface area is 83.6 Å². The van der Waals surface area contributed by atoms with E-state index in [2.05, 4.69) is 31.1 Å². The summed E-state index contributed by atoms with van der Waals surface area (Å²) < 4.78 is 0. The van der Waals surface area contributed by atoms with Gasteiger partial charge < -0.3 is 5.11 Å². The first-order valence-electron chi connectivity index (χ1n) is 4.75. The lowest BCUT2D eigenvalue weighted by Crippen LogP contribution is -2.03. The van der Waals surface area contributed by atoms with Crippen molar-refractivity contribution in [2.45, 2.75) is 39.0 Å². The van der Waals surface area contributed by atoms with Gasteiger partial charge in [0, 0.05) is 17.2 Å². The number of aliphatic hydroxyl groups excluding tert-OH is 1. The van der Waals surface area contributed by atoms with Crippen LogP contribution in [0.15, 0.2) is 5.38 Å². The highest BCUT2D eigenvalue weighted by Gasteiger charge is 2.13. The standard InChI is InChI=1S/C10H17NOS/c1-4-8(5-12)9-6-13-10(11-9)7(2)3/h6-8,12H,4-5H2,1-3H3. The molecule has 1 heterocycles. The van der Waals surface area contributed by atoms with Crippen LogP contribution >= 0.6 is 11.3 Å². The Hall–Kier alpha value is -0.410. The third-order valence-electron chi connectivity index (χ3n) is 2.17. The molecule has 0 radical (unpaired) electrons. The minimum atomic E-state index is 0.206. The maximum absolute atomic E-state index is 9.09. The Bertz CT molecular complexity index is 253. The van der Waals surface area contributed by atoms with Gasteiger partial charge in [0.05, 0.1) is 17.3 Å². The molecule has 0 aromatic carbocycles. The van der Waals surface area contributed by atoms with Gasteiger partial charge in [0.25, 0.3) is 0 Å². The smallest absolute Gasteiger partial charge is 0.0953 e. The number of nitrogens with zero attached hydrogens (tertiary/aromatic N) is 1. The monoisotopic (exact) mass is 199 g/mol. The molecule has 0 aliphatic rings. The van der Waals surface area contributed by atoms with Crippen LogP contribution in [0.25, 0.3) is 0 Å². The van der Waals surface area contributed by atoms with Gasteiger partial charge in [-0.1, -0.05) is 20.8 Å². The molecule has 1 atom stereocenters. The quantitative estimate of drug-likeness (QED) is 0.809. The topological polar surface area (TPSA) is 33.1 Å². The minimum absolute atomic E-state index is 0.206. The van der Waals surface area contributed by atoms with Crippen molar-refractivity contribution in [2.75, 3.05) is 6.61 Å². The van der Waals surface area contributed by atoms with Crippen molar-refractivity contribution in [2.24, 2.45) is 0 Å². The molecule has 13 heavy (non-hydrogen) atoms. The van der Waals surface area contributed by atoms with E-state index in [0.717, 1.165) is 12.1 Å². The molecule has 1 rings (SSSR count). The van der Waals surface area contributed by atoms with Gasteiger partial charge in [-0.3, -0.25) is 0 Å². The van der Waals surface area contributed by atoms with Crippen molar-refractivity contribution in [3.8, 4) is 0 Å². The first-order valence-corrected chi connectivity index (χ1v) is 5.63. The maximum Gasteiger partial charge on any atom is 0.0953 e. The molecule has 1 N–H and O–H groups in total. The van der Waals surface area contributed by atoms with Crippen LogP contribution in [-0.2, 0) is 0 Å². The number of hydrogen-bond acceptors (Lipinski definition) is 3. The van der Waals surface area contributed by atoms with Crippen LogP contribution < -0.4 is 0 Å². The Morgan fingerprint density at radius 2 is 2.23 bits per heavy atom. The van der Waals surface area contributed by atoms with Gasteiger partial charge in [0.1, 0.15) is 0 Å². The lowest BCUT2D eigenvalue weighted by Gasteiger charge is -2.07. The molecule has 1 aromatic heterocycles. The van der Waals surface area contributed by atoms with Gasteiger partial charge in [-0.25, -0.2) is 4.98 Å². The maximum atomic E-state index is 9.09. The van der Waals surface area contributed by atoms with Gasteiger partial charge >= 0.3 is 0 Å². The van der Waals surface area contributed by atoms with Crippen molar-refractivity contribution < 1.29 is 5.11 Å². The summed E-state index contributed by atoms with van der Waals surface area (Å²) in [6, 6.07) is 0. The third kappa shape index (κ3) is 2.51. The summed E-state index contributed by atoms with van der Waals surface area (Å²) in [6.07, 6.45) is 0.956. The van der Waals surface area contributed by atoms with Crippen LogP contribution in [0.1, 0.15) is 49.7 Å². The molecule has 0 spiro atoms. The van der Waals surface area contributed by atoms with Crippen LogP contribution in [0.5, 0.6) is 0 Å². The predicted octanol–water partition coefficient (Wildman–Crippen LogP) is 2.75. The zero-order valence-corrected chi connectivity index (χ0v) is 9.27. The second kappa shape index (κ2) is 4.72. The van der Waals surface area contributed by atoms with Crippen molar-refractivity contribution in [3.63, 3.8) is 0 Å². The molecule has 0 amide bonds. The van der Waals surface area contributed by atoms with E-state index in [1.807, 2.05) is 0 Å². The normalized spacial score (nSPS) is 13.6. The Morgan fingerprint density at radius 3 is 2.62 bits per heavy atom. The molecule has 3 heteroatoms. The fraction of sp³-hybridized carbons (Fsp3) is 0.700. The summed E-state index contributed by atoms with van der Waals surface area (Å²) in [7, 11) is 0. The lowest BCUT2D eigenvalue weighted by atomic mass is 10.1. The molecule has 1 aromatic rings. The van der Waals surface area contributed by atoms with E-state index >= 15 is 0 Å². The fourth-order valence-electron chi connectivity index (χ4n) is 1.19. The molecular formula is C10H17NOS. The molecule has 0 aliphatic heterocycles. The van der Waals surface area contributed by atoms with E-state index in [1.54, 1.807) is 11.3 Å². The number of thiazole rings is 1. The SMILES string of the molecule is CCC(CO)c1csc(C(C)C)n1. The molecule has 0 bridgehead atoms. The van der Waals surface area contributed by atoms with Crippen LogP contribution in [0.3, 0.4) is 0 Å². The molecule has 2 nitrogen and oxygen atoms in total.